The third kappa shape index (κ3) is 3.49. The van der Waals surface area contributed by atoms with Gasteiger partial charge in [0.15, 0.2) is 0 Å². The SMILES string of the molecule is Cc1ccc(C(Cl)CCC2CCCCC2)s1. The maximum absolute atomic E-state index is 6.45. The summed E-state index contributed by atoms with van der Waals surface area (Å²) in [5.41, 5.74) is 0. The molecule has 0 aliphatic heterocycles. The largest absolute Gasteiger partial charge is 0.144 e. The van der Waals surface area contributed by atoms with Gasteiger partial charge in [-0.05, 0) is 37.8 Å². The monoisotopic (exact) mass is 256 g/mol. The van der Waals surface area contributed by atoms with Gasteiger partial charge in [-0.25, -0.2) is 0 Å². The van der Waals surface area contributed by atoms with Crippen LogP contribution in [0.5, 0.6) is 0 Å². The van der Waals surface area contributed by atoms with E-state index >= 15 is 0 Å². The molecule has 0 nitrogen and oxygen atoms in total. The fourth-order valence-corrected chi connectivity index (χ4v) is 3.84. The van der Waals surface area contributed by atoms with Crippen LogP contribution in [-0.4, -0.2) is 0 Å². The van der Waals surface area contributed by atoms with E-state index in [1.54, 1.807) is 0 Å². The molecule has 90 valence electrons. The lowest BCUT2D eigenvalue weighted by Crippen LogP contribution is -2.06. The zero-order valence-electron chi connectivity index (χ0n) is 10.0. The van der Waals surface area contributed by atoms with Gasteiger partial charge in [-0.15, -0.1) is 22.9 Å². The first-order valence-corrected chi connectivity index (χ1v) is 7.71. The fraction of sp³-hybridized carbons (Fsp3) is 0.714. The third-order valence-electron chi connectivity index (χ3n) is 3.62. The number of thiophene rings is 1. The summed E-state index contributed by atoms with van der Waals surface area (Å²) in [6.45, 7) is 2.15. The lowest BCUT2D eigenvalue weighted by atomic mass is 9.86. The van der Waals surface area contributed by atoms with Crippen LogP contribution in [0.1, 0.15) is 60.1 Å². The topological polar surface area (TPSA) is 0 Å². The molecule has 1 aromatic heterocycles. The standard InChI is InChI=1S/C14H21ClS/c1-11-7-10-14(16-11)13(15)9-8-12-5-3-2-4-6-12/h7,10,12-13H,2-6,8-9H2,1H3. The number of aryl methyl sites for hydroxylation is 1. The minimum atomic E-state index is 0.251. The second kappa shape index (κ2) is 6.07. The van der Waals surface area contributed by atoms with Gasteiger partial charge in [0, 0.05) is 9.75 Å². The Balaban J connectivity index is 1.76. The molecule has 1 aromatic rings. The van der Waals surface area contributed by atoms with Crippen molar-refractivity contribution in [2.75, 3.05) is 0 Å². The molecule has 0 amide bonds. The molecule has 1 aliphatic rings. The predicted molar refractivity (Wildman–Crippen MR) is 73.5 cm³/mol. The normalized spacial score (nSPS) is 19.9. The van der Waals surface area contributed by atoms with Gasteiger partial charge >= 0.3 is 0 Å². The number of halogens is 1. The van der Waals surface area contributed by atoms with Gasteiger partial charge in [-0.2, -0.15) is 0 Å². The summed E-state index contributed by atoms with van der Waals surface area (Å²) in [4.78, 5) is 2.73. The highest BCUT2D eigenvalue weighted by Gasteiger charge is 2.16. The van der Waals surface area contributed by atoms with E-state index in [2.05, 4.69) is 19.1 Å². The summed E-state index contributed by atoms with van der Waals surface area (Å²) in [5, 5.41) is 0.251. The molecule has 2 rings (SSSR count). The summed E-state index contributed by atoms with van der Waals surface area (Å²) in [6, 6.07) is 4.37. The Labute approximate surface area is 108 Å². The number of rotatable bonds is 4. The second-order valence-corrected chi connectivity index (χ2v) is 6.84. The zero-order valence-corrected chi connectivity index (χ0v) is 11.6. The van der Waals surface area contributed by atoms with Gasteiger partial charge in [0.1, 0.15) is 0 Å². The van der Waals surface area contributed by atoms with Crippen molar-refractivity contribution in [1.82, 2.24) is 0 Å². The summed E-state index contributed by atoms with van der Waals surface area (Å²) >= 11 is 8.30. The summed E-state index contributed by atoms with van der Waals surface area (Å²) in [6.07, 6.45) is 9.69. The Morgan fingerprint density at radius 3 is 2.69 bits per heavy atom. The van der Waals surface area contributed by atoms with Crippen molar-refractivity contribution in [2.45, 2.75) is 57.2 Å². The Kier molecular flexibility index (Phi) is 4.72. The Morgan fingerprint density at radius 2 is 2.06 bits per heavy atom. The Hall–Kier alpha value is -0.0100. The van der Waals surface area contributed by atoms with Crippen molar-refractivity contribution in [2.24, 2.45) is 5.92 Å². The molecule has 0 bridgehead atoms. The minimum absolute atomic E-state index is 0.251. The number of hydrogen-bond acceptors (Lipinski definition) is 1. The molecule has 0 spiro atoms. The summed E-state index contributed by atoms with van der Waals surface area (Å²) in [5.74, 6) is 0.955. The Bertz CT molecular complexity index is 312. The summed E-state index contributed by atoms with van der Waals surface area (Å²) in [7, 11) is 0. The highest BCUT2D eigenvalue weighted by atomic mass is 35.5. The van der Waals surface area contributed by atoms with E-state index in [1.807, 2.05) is 11.3 Å². The van der Waals surface area contributed by atoms with Crippen LogP contribution in [0, 0.1) is 12.8 Å². The van der Waals surface area contributed by atoms with E-state index in [9.17, 15) is 0 Å². The molecule has 1 aliphatic carbocycles. The van der Waals surface area contributed by atoms with Crippen molar-refractivity contribution >= 4 is 22.9 Å². The molecule has 1 atom stereocenters. The van der Waals surface area contributed by atoms with Gasteiger partial charge in [0.05, 0.1) is 5.38 Å². The van der Waals surface area contributed by atoms with Crippen molar-refractivity contribution in [3.63, 3.8) is 0 Å². The number of alkyl halides is 1. The molecule has 1 fully saturated rings. The van der Waals surface area contributed by atoms with Crippen molar-refractivity contribution in [1.29, 1.82) is 0 Å². The van der Waals surface area contributed by atoms with Gasteiger partial charge in [-0.1, -0.05) is 32.1 Å². The lowest BCUT2D eigenvalue weighted by Gasteiger charge is -2.22. The molecule has 16 heavy (non-hydrogen) atoms. The van der Waals surface area contributed by atoms with E-state index in [0.29, 0.717) is 0 Å². The average molecular weight is 257 g/mol. The summed E-state index contributed by atoms with van der Waals surface area (Å²) < 4.78 is 0. The molecule has 2 heteroatoms. The molecule has 0 saturated heterocycles. The maximum atomic E-state index is 6.45. The van der Waals surface area contributed by atoms with Crippen LogP contribution in [0.15, 0.2) is 12.1 Å². The zero-order chi connectivity index (χ0) is 11.4. The van der Waals surface area contributed by atoms with Crippen LogP contribution in [0.2, 0.25) is 0 Å². The van der Waals surface area contributed by atoms with Crippen molar-refractivity contribution < 1.29 is 0 Å². The smallest absolute Gasteiger partial charge is 0.0678 e. The Morgan fingerprint density at radius 1 is 1.31 bits per heavy atom. The molecular formula is C14H21ClS. The first kappa shape index (κ1) is 12.4. The quantitative estimate of drug-likeness (QED) is 0.607. The van der Waals surface area contributed by atoms with E-state index in [-0.39, 0.29) is 5.38 Å². The van der Waals surface area contributed by atoms with Gasteiger partial charge in [0.2, 0.25) is 0 Å². The molecule has 0 aromatic carbocycles. The second-order valence-electron chi connectivity index (χ2n) is 5.00. The maximum Gasteiger partial charge on any atom is 0.0678 e. The van der Waals surface area contributed by atoms with Crippen LogP contribution in [-0.2, 0) is 0 Å². The molecule has 0 radical (unpaired) electrons. The van der Waals surface area contributed by atoms with Gasteiger partial charge < -0.3 is 0 Å². The molecule has 1 saturated carbocycles. The molecule has 0 N–H and O–H groups in total. The van der Waals surface area contributed by atoms with E-state index in [4.69, 9.17) is 11.6 Å². The highest BCUT2D eigenvalue weighted by molar-refractivity contribution is 7.12. The number of hydrogen-bond donors (Lipinski definition) is 0. The van der Waals surface area contributed by atoms with Crippen LogP contribution in [0.3, 0.4) is 0 Å². The molecule has 1 heterocycles. The van der Waals surface area contributed by atoms with E-state index in [0.717, 1.165) is 12.3 Å². The first-order chi connectivity index (χ1) is 7.75. The van der Waals surface area contributed by atoms with Crippen molar-refractivity contribution in [3.05, 3.63) is 21.9 Å². The predicted octanol–water partition coefficient (Wildman–Crippen LogP) is 5.70. The van der Waals surface area contributed by atoms with E-state index in [1.165, 1.54) is 48.3 Å². The first-order valence-electron chi connectivity index (χ1n) is 6.46. The minimum Gasteiger partial charge on any atom is -0.144 e. The van der Waals surface area contributed by atoms with Crippen LogP contribution in [0.25, 0.3) is 0 Å². The molecule has 1 unspecified atom stereocenters. The van der Waals surface area contributed by atoms with E-state index < -0.39 is 0 Å². The highest BCUT2D eigenvalue weighted by Crippen LogP contribution is 2.35. The molecular weight excluding hydrogens is 236 g/mol. The third-order valence-corrected chi connectivity index (χ3v) is 5.32. The van der Waals surface area contributed by atoms with Crippen molar-refractivity contribution in [3.8, 4) is 0 Å². The van der Waals surface area contributed by atoms with Crippen LogP contribution in [0.4, 0.5) is 0 Å². The average Bonchev–Trinajstić information content (AvgIpc) is 2.74. The lowest BCUT2D eigenvalue weighted by molar-refractivity contribution is 0.331. The van der Waals surface area contributed by atoms with Gasteiger partial charge in [-0.3, -0.25) is 0 Å². The van der Waals surface area contributed by atoms with Gasteiger partial charge in [0.25, 0.3) is 0 Å². The van der Waals surface area contributed by atoms with Crippen LogP contribution < -0.4 is 0 Å². The van der Waals surface area contributed by atoms with Crippen LogP contribution >= 0.6 is 22.9 Å². The fourth-order valence-electron chi connectivity index (χ4n) is 2.62.